The lowest BCUT2D eigenvalue weighted by atomic mass is 10.1. The van der Waals surface area contributed by atoms with Gasteiger partial charge in [0.1, 0.15) is 28.0 Å². The molecule has 2 fully saturated rings. The monoisotopic (exact) mass is 697 g/mol. The Kier molecular flexibility index (Phi) is 12.4. The maximum absolute atomic E-state index is 14.0. The van der Waals surface area contributed by atoms with E-state index in [4.69, 9.17) is 14.5 Å². The molecule has 3 aromatic carbocycles. The topological polar surface area (TPSA) is 79.8 Å². The Hall–Kier alpha value is -4.10. The Balaban J connectivity index is 0.000000170. The molecular weight excluding hydrogens is 658 g/mol. The summed E-state index contributed by atoms with van der Waals surface area (Å²) in [7, 11) is 0. The van der Waals surface area contributed by atoms with E-state index in [2.05, 4.69) is 68.5 Å². The van der Waals surface area contributed by atoms with Crippen LogP contribution in [-0.4, -0.2) is 78.2 Å². The van der Waals surface area contributed by atoms with Crippen LogP contribution in [0.5, 0.6) is 0 Å². The molecule has 2 aromatic heterocycles. The van der Waals surface area contributed by atoms with E-state index in [1.807, 2.05) is 35.7 Å². The number of carbonyl (C=O) groups is 1. The number of carbonyl (C=O) groups excluding carboxylic acids is 1. The van der Waals surface area contributed by atoms with Gasteiger partial charge in [0, 0.05) is 61.2 Å². The normalized spacial score (nSPS) is 18.3. The number of nitrogens with zero attached hydrogens (tertiary/aromatic N) is 4. The van der Waals surface area contributed by atoms with Gasteiger partial charge in [-0.15, -0.1) is 29.3 Å². The van der Waals surface area contributed by atoms with Crippen molar-refractivity contribution in [2.45, 2.75) is 18.8 Å². The van der Waals surface area contributed by atoms with E-state index in [9.17, 15) is 9.18 Å². The van der Waals surface area contributed by atoms with E-state index in [1.165, 1.54) is 23.0 Å². The first-order valence-corrected chi connectivity index (χ1v) is 18.1. The van der Waals surface area contributed by atoms with E-state index in [0.29, 0.717) is 44.1 Å². The summed E-state index contributed by atoms with van der Waals surface area (Å²) in [5.74, 6) is -0.228. The fourth-order valence-electron chi connectivity index (χ4n) is 5.68. The first kappa shape index (κ1) is 34.8. The van der Waals surface area contributed by atoms with Crippen molar-refractivity contribution in [3.8, 4) is 22.5 Å². The second-order valence-corrected chi connectivity index (χ2v) is 13.5. The molecule has 1 amide bonds. The first-order valence-electron chi connectivity index (χ1n) is 16.4. The summed E-state index contributed by atoms with van der Waals surface area (Å²) < 4.78 is 25.7. The summed E-state index contributed by atoms with van der Waals surface area (Å²) in [5, 5.41) is 8.65. The van der Waals surface area contributed by atoms with E-state index in [-0.39, 0.29) is 23.9 Å². The van der Waals surface area contributed by atoms with Crippen molar-refractivity contribution in [1.29, 1.82) is 0 Å². The summed E-state index contributed by atoms with van der Waals surface area (Å²) in [6, 6.07) is 27.3. The maximum Gasteiger partial charge on any atom is 0.234 e. The van der Waals surface area contributed by atoms with Crippen molar-refractivity contribution in [2.75, 3.05) is 52.5 Å². The Labute approximate surface area is 294 Å². The van der Waals surface area contributed by atoms with Crippen molar-refractivity contribution >= 4 is 28.6 Å². The number of hydrogen-bond acceptors (Lipinski definition) is 9. The SMILES string of the molecule is C=CCNC(=O)CN1CCOC(c2nc(-c3ccccc3)cs2)C1.Fc1ccccc1-c1csc(C2CN(Cc3ccccc3)CCO2)n1. The minimum atomic E-state index is -0.241. The highest BCUT2D eigenvalue weighted by atomic mass is 32.1. The molecule has 0 aliphatic carbocycles. The second kappa shape index (κ2) is 17.5. The molecule has 2 atom stereocenters. The molecule has 0 spiro atoms. The number of nitrogens with one attached hydrogen (secondary N) is 1. The number of hydrogen-bond donors (Lipinski definition) is 1. The smallest absolute Gasteiger partial charge is 0.234 e. The number of rotatable bonds is 10. The first-order chi connectivity index (χ1) is 24.1. The number of amides is 1. The van der Waals surface area contributed by atoms with Crippen LogP contribution in [0, 0.1) is 5.82 Å². The quantitative estimate of drug-likeness (QED) is 0.157. The van der Waals surface area contributed by atoms with Gasteiger partial charge in [0.05, 0.1) is 31.1 Å². The molecule has 4 heterocycles. The standard InChI is InChI=1S/C20H19FN2OS.C18H21N3O2S/c21-17-9-5-4-8-16(17)18-14-25-20(22-18)19-13-23(10-11-24-19)12-15-6-2-1-3-7-15;1-2-8-19-17(22)12-21-9-10-23-16(11-21)18-20-15(13-24-18)14-6-4-3-5-7-14/h1-9,14,19H,10-13H2;2-7,13,16H,1,8-12H2,(H,19,22). The Morgan fingerprint density at radius 2 is 1.43 bits per heavy atom. The highest BCUT2D eigenvalue weighted by molar-refractivity contribution is 7.10. The Bertz CT molecular complexity index is 1780. The van der Waals surface area contributed by atoms with Gasteiger partial charge in [-0.1, -0.05) is 78.9 Å². The van der Waals surface area contributed by atoms with Crippen molar-refractivity contribution < 1.29 is 18.7 Å². The Morgan fingerprint density at radius 1 is 0.837 bits per heavy atom. The van der Waals surface area contributed by atoms with Gasteiger partial charge in [0.15, 0.2) is 0 Å². The molecule has 0 bridgehead atoms. The third kappa shape index (κ3) is 9.75. The number of halogens is 1. The fraction of sp³-hybridized carbons (Fsp3) is 0.289. The van der Waals surface area contributed by atoms with Crippen LogP contribution < -0.4 is 5.32 Å². The number of benzene rings is 3. The Morgan fingerprint density at radius 3 is 2.12 bits per heavy atom. The van der Waals surface area contributed by atoms with Gasteiger partial charge in [-0.3, -0.25) is 14.6 Å². The van der Waals surface area contributed by atoms with E-state index >= 15 is 0 Å². The third-order valence-corrected chi connectivity index (χ3v) is 10.0. The predicted octanol–water partition coefficient (Wildman–Crippen LogP) is 7.01. The molecule has 2 aliphatic rings. The summed E-state index contributed by atoms with van der Waals surface area (Å²) >= 11 is 3.15. The summed E-state index contributed by atoms with van der Waals surface area (Å²) in [4.78, 5) is 25.7. The van der Waals surface area contributed by atoms with Crippen molar-refractivity contribution in [1.82, 2.24) is 25.1 Å². The average Bonchev–Trinajstić information content (AvgIpc) is 3.84. The lowest BCUT2D eigenvalue weighted by Crippen LogP contribution is -2.44. The molecular formula is C38H40FN5O3S2. The molecule has 8 nitrogen and oxygen atoms in total. The highest BCUT2D eigenvalue weighted by Gasteiger charge is 2.27. The minimum absolute atomic E-state index is 0.0136. The van der Waals surface area contributed by atoms with Gasteiger partial charge in [-0.25, -0.2) is 14.4 Å². The molecule has 0 radical (unpaired) electrons. The van der Waals surface area contributed by atoms with Gasteiger partial charge in [-0.2, -0.15) is 0 Å². The van der Waals surface area contributed by atoms with Crippen LogP contribution in [0.3, 0.4) is 0 Å². The number of thiazole rings is 2. The van der Waals surface area contributed by atoms with Crippen LogP contribution in [0.1, 0.15) is 27.8 Å². The zero-order chi connectivity index (χ0) is 33.8. The van der Waals surface area contributed by atoms with Gasteiger partial charge in [0.25, 0.3) is 0 Å². The van der Waals surface area contributed by atoms with Crippen LogP contribution in [0.2, 0.25) is 0 Å². The second-order valence-electron chi connectivity index (χ2n) is 11.8. The molecule has 1 N–H and O–H groups in total. The zero-order valence-electron chi connectivity index (χ0n) is 27.2. The molecule has 2 aliphatic heterocycles. The van der Waals surface area contributed by atoms with Gasteiger partial charge < -0.3 is 14.8 Å². The lowest BCUT2D eigenvalue weighted by Gasteiger charge is -2.32. The van der Waals surface area contributed by atoms with Crippen LogP contribution in [0.4, 0.5) is 4.39 Å². The lowest BCUT2D eigenvalue weighted by molar-refractivity contribution is -0.124. The molecule has 5 aromatic rings. The van der Waals surface area contributed by atoms with Gasteiger partial charge in [0.2, 0.25) is 5.91 Å². The van der Waals surface area contributed by atoms with Crippen molar-refractivity contribution in [2.24, 2.45) is 0 Å². The molecule has 2 saturated heterocycles. The number of ether oxygens (including phenoxy) is 2. The van der Waals surface area contributed by atoms with Crippen molar-refractivity contribution in [3.05, 3.63) is 130 Å². The number of morpholine rings is 2. The van der Waals surface area contributed by atoms with Crippen LogP contribution in [0.25, 0.3) is 22.5 Å². The molecule has 49 heavy (non-hydrogen) atoms. The maximum atomic E-state index is 14.0. The molecule has 0 saturated carbocycles. The van der Waals surface area contributed by atoms with Gasteiger partial charge in [-0.05, 0) is 17.7 Å². The summed E-state index contributed by atoms with van der Waals surface area (Å²) in [6.07, 6.45) is 1.55. The van der Waals surface area contributed by atoms with E-state index < -0.39 is 0 Å². The fourth-order valence-corrected chi connectivity index (χ4v) is 7.41. The van der Waals surface area contributed by atoms with Crippen LogP contribution in [-0.2, 0) is 20.8 Å². The third-order valence-electron chi connectivity index (χ3n) is 8.18. The largest absolute Gasteiger partial charge is 0.368 e. The summed E-state index contributed by atoms with van der Waals surface area (Å²) in [6.45, 7) is 9.85. The molecule has 2 unspecified atom stereocenters. The molecule has 254 valence electrons. The zero-order valence-corrected chi connectivity index (χ0v) is 28.9. The average molecular weight is 698 g/mol. The van der Waals surface area contributed by atoms with Crippen LogP contribution in [0.15, 0.2) is 108 Å². The molecule has 7 rings (SSSR count). The van der Waals surface area contributed by atoms with E-state index in [0.717, 1.165) is 47.5 Å². The minimum Gasteiger partial charge on any atom is -0.368 e. The predicted molar refractivity (Wildman–Crippen MR) is 194 cm³/mol. The van der Waals surface area contributed by atoms with Crippen molar-refractivity contribution in [3.63, 3.8) is 0 Å². The van der Waals surface area contributed by atoms with Gasteiger partial charge >= 0.3 is 0 Å². The summed E-state index contributed by atoms with van der Waals surface area (Å²) in [5.41, 5.74) is 4.61. The van der Waals surface area contributed by atoms with E-state index in [1.54, 1.807) is 29.5 Å². The number of aromatic nitrogens is 2. The molecule has 11 heteroatoms. The highest BCUT2D eigenvalue weighted by Crippen LogP contribution is 2.31. The van der Waals surface area contributed by atoms with Crippen LogP contribution >= 0.6 is 22.7 Å².